The molecule has 1 aromatic carbocycles. The normalized spacial score (nSPS) is 13.9. The molecule has 0 aliphatic heterocycles. The lowest BCUT2D eigenvalue weighted by molar-refractivity contribution is -0.117. The van der Waals surface area contributed by atoms with Gasteiger partial charge >= 0.3 is 6.18 Å². The fraction of sp³-hybridized carbons (Fsp3) is 0.357. The molecule has 0 fully saturated rings. The summed E-state index contributed by atoms with van der Waals surface area (Å²) in [6.45, 7) is 1.44. The van der Waals surface area contributed by atoms with E-state index in [1.165, 1.54) is 24.3 Å². The highest BCUT2D eigenvalue weighted by molar-refractivity contribution is 6.30. The number of carbonyl (C=O) groups excluding carboxylic acids is 1. The Bertz CT molecular complexity index is 512. The molecule has 21 heavy (non-hydrogen) atoms. The molecule has 1 unspecified atom stereocenters. The van der Waals surface area contributed by atoms with Gasteiger partial charge in [-0.3, -0.25) is 4.79 Å². The molecule has 3 nitrogen and oxygen atoms in total. The van der Waals surface area contributed by atoms with Gasteiger partial charge in [-0.1, -0.05) is 23.7 Å². The summed E-state index contributed by atoms with van der Waals surface area (Å²) in [7, 11) is 0. The Morgan fingerprint density at radius 3 is 2.43 bits per heavy atom. The van der Waals surface area contributed by atoms with Crippen molar-refractivity contribution < 1.29 is 23.1 Å². The summed E-state index contributed by atoms with van der Waals surface area (Å²) in [5.41, 5.74) is -1.19. The van der Waals surface area contributed by atoms with Gasteiger partial charge in [-0.15, -0.1) is 0 Å². The fourth-order valence-electron chi connectivity index (χ4n) is 1.64. The molecule has 0 heterocycles. The van der Waals surface area contributed by atoms with Crippen molar-refractivity contribution in [1.29, 1.82) is 0 Å². The van der Waals surface area contributed by atoms with Gasteiger partial charge in [-0.25, -0.2) is 0 Å². The number of benzene rings is 1. The molecule has 1 rings (SSSR count). The second-order valence-corrected chi connectivity index (χ2v) is 4.92. The molecule has 0 aliphatic carbocycles. The highest BCUT2D eigenvalue weighted by Gasteiger charge is 2.35. The summed E-state index contributed by atoms with van der Waals surface area (Å²) in [5.74, 6) is -0.863. The van der Waals surface area contributed by atoms with E-state index in [-0.39, 0.29) is 18.6 Å². The second-order valence-electron chi connectivity index (χ2n) is 4.48. The molecule has 1 atom stereocenters. The standard InChI is InChI=1S/C14H15ClF3NO2/c1-9(6-7-20)19-13(21)8-12(14(16,17)18)10-2-4-11(15)5-3-10/h2-5,8-9,20H,6-7H2,1H3,(H,19,21)/b12-8-. The Kier molecular flexibility index (Phi) is 6.23. The lowest BCUT2D eigenvalue weighted by Gasteiger charge is -2.14. The van der Waals surface area contributed by atoms with Crippen molar-refractivity contribution in [2.75, 3.05) is 6.61 Å². The van der Waals surface area contributed by atoms with Crippen molar-refractivity contribution in [3.05, 3.63) is 40.9 Å². The van der Waals surface area contributed by atoms with E-state index in [1.807, 2.05) is 0 Å². The first kappa shape index (κ1) is 17.5. The number of aliphatic hydroxyl groups is 1. The largest absolute Gasteiger partial charge is 0.417 e. The van der Waals surface area contributed by atoms with Gasteiger partial charge in [0.2, 0.25) is 5.91 Å². The van der Waals surface area contributed by atoms with Gasteiger partial charge in [0.15, 0.2) is 0 Å². The van der Waals surface area contributed by atoms with Crippen molar-refractivity contribution in [2.24, 2.45) is 0 Å². The van der Waals surface area contributed by atoms with Crippen LogP contribution in [0.4, 0.5) is 13.2 Å². The minimum absolute atomic E-state index is 0.142. The van der Waals surface area contributed by atoms with Crippen molar-refractivity contribution in [2.45, 2.75) is 25.6 Å². The van der Waals surface area contributed by atoms with E-state index in [0.717, 1.165) is 0 Å². The van der Waals surface area contributed by atoms with Crippen LogP contribution >= 0.6 is 11.6 Å². The van der Waals surface area contributed by atoms with Gasteiger partial charge in [-0.2, -0.15) is 13.2 Å². The number of alkyl halides is 3. The predicted molar refractivity (Wildman–Crippen MR) is 74.8 cm³/mol. The molecule has 1 amide bonds. The number of aliphatic hydroxyl groups excluding tert-OH is 1. The first-order valence-corrected chi connectivity index (χ1v) is 6.58. The minimum Gasteiger partial charge on any atom is -0.396 e. The molecular formula is C14H15ClF3NO2. The Balaban J connectivity index is 3.00. The number of halogens is 4. The first-order valence-electron chi connectivity index (χ1n) is 6.20. The summed E-state index contributed by atoms with van der Waals surface area (Å²) in [6, 6.07) is 4.63. The third kappa shape index (κ3) is 5.77. The second kappa shape index (κ2) is 7.47. The van der Waals surface area contributed by atoms with Gasteiger partial charge in [0.25, 0.3) is 0 Å². The molecule has 7 heteroatoms. The molecule has 0 radical (unpaired) electrons. The van der Waals surface area contributed by atoms with Gasteiger partial charge in [0.1, 0.15) is 0 Å². The predicted octanol–water partition coefficient (Wildman–Crippen LogP) is 3.17. The van der Waals surface area contributed by atoms with Crippen LogP contribution in [0.2, 0.25) is 5.02 Å². The zero-order valence-electron chi connectivity index (χ0n) is 11.2. The van der Waals surface area contributed by atoms with E-state index in [2.05, 4.69) is 5.32 Å². The summed E-state index contributed by atoms with van der Waals surface area (Å²) < 4.78 is 39.1. The van der Waals surface area contributed by atoms with Crippen molar-refractivity contribution in [3.8, 4) is 0 Å². The van der Waals surface area contributed by atoms with Crippen molar-refractivity contribution >= 4 is 23.1 Å². The Morgan fingerprint density at radius 1 is 1.38 bits per heavy atom. The van der Waals surface area contributed by atoms with Crippen molar-refractivity contribution in [1.82, 2.24) is 5.32 Å². The van der Waals surface area contributed by atoms with Crippen LogP contribution in [0.5, 0.6) is 0 Å². The highest BCUT2D eigenvalue weighted by atomic mass is 35.5. The van der Waals surface area contributed by atoms with Gasteiger partial charge < -0.3 is 10.4 Å². The summed E-state index contributed by atoms with van der Waals surface area (Å²) in [6.07, 6.45) is -3.88. The molecule has 116 valence electrons. The quantitative estimate of drug-likeness (QED) is 0.818. The number of allylic oxidation sites excluding steroid dienone is 1. The van der Waals surface area contributed by atoms with Gasteiger partial charge in [-0.05, 0) is 31.0 Å². The van der Waals surface area contributed by atoms with Crippen LogP contribution < -0.4 is 5.32 Å². The molecule has 0 aliphatic rings. The van der Waals surface area contributed by atoms with Crippen LogP contribution in [-0.2, 0) is 4.79 Å². The molecule has 0 aromatic heterocycles. The number of nitrogens with one attached hydrogen (secondary N) is 1. The number of hydrogen-bond donors (Lipinski definition) is 2. The third-order valence-electron chi connectivity index (χ3n) is 2.69. The zero-order valence-corrected chi connectivity index (χ0v) is 12.0. The smallest absolute Gasteiger partial charge is 0.396 e. The van der Waals surface area contributed by atoms with Crippen LogP contribution in [0.1, 0.15) is 18.9 Å². The lowest BCUT2D eigenvalue weighted by Crippen LogP contribution is -2.32. The number of rotatable bonds is 5. The number of carbonyl (C=O) groups is 1. The first-order chi connectivity index (χ1) is 9.74. The minimum atomic E-state index is -4.66. The van der Waals surface area contributed by atoms with Gasteiger partial charge in [0, 0.05) is 23.7 Å². The molecule has 0 saturated heterocycles. The van der Waals surface area contributed by atoms with Gasteiger partial charge in [0.05, 0.1) is 5.57 Å². The van der Waals surface area contributed by atoms with Crippen LogP contribution in [0.3, 0.4) is 0 Å². The highest BCUT2D eigenvalue weighted by Crippen LogP contribution is 2.34. The monoisotopic (exact) mass is 321 g/mol. The van der Waals surface area contributed by atoms with Crippen LogP contribution in [0.15, 0.2) is 30.3 Å². The Labute approximate surface area is 125 Å². The summed E-state index contributed by atoms with van der Waals surface area (Å²) >= 11 is 5.64. The third-order valence-corrected chi connectivity index (χ3v) is 2.94. The lowest BCUT2D eigenvalue weighted by atomic mass is 10.0. The maximum absolute atomic E-state index is 13.0. The molecule has 0 spiro atoms. The summed E-state index contributed by atoms with van der Waals surface area (Å²) in [5, 5.41) is 11.4. The van der Waals surface area contributed by atoms with E-state index in [0.29, 0.717) is 11.1 Å². The summed E-state index contributed by atoms with van der Waals surface area (Å²) in [4.78, 5) is 11.6. The van der Waals surface area contributed by atoms with E-state index in [4.69, 9.17) is 16.7 Å². The molecule has 1 aromatic rings. The van der Waals surface area contributed by atoms with E-state index >= 15 is 0 Å². The molecule has 0 bridgehead atoms. The van der Waals surface area contributed by atoms with E-state index in [9.17, 15) is 18.0 Å². The SMILES string of the molecule is CC(CCO)NC(=O)/C=C(/c1ccc(Cl)cc1)C(F)(F)F. The van der Waals surface area contributed by atoms with Crippen molar-refractivity contribution in [3.63, 3.8) is 0 Å². The maximum atomic E-state index is 13.0. The molecule has 2 N–H and O–H groups in total. The fourth-order valence-corrected chi connectivity index (χ4v) is 1.77. The van der Waals surface area contributed by atoms with E-state index < -0.39 is 23.7 Å². The average Bonchev–Trinajstić information content (AvgIpc) is 2.36. The maximum Gasteiger partial charge on any atom is 0.417 e. The van der Waals surface area contributed by atoms with Crippen LogP contribution in [0.25, 0.3) is 5.57 Å². The molecular weight excluding hydrogens is 307 g/mol. The average molecular weight is 322 g/mol. The van der Waals surface area contributed by atoms with Crippen LogP contribution in [0, 0.1) is 0 Å². The molecule has 0 saturated carbocycles. The topological polar surface area (TPSA) is 49.3 Å². The van der Waals surface area contributed by atoms with Crippen LogP contribution in [-0.4, -0.2) is 29.8 Å². The van der Waals surface area contributed by atoms with E-state index in [1.54, 1.807) is 6.92 Å². The number of amides is 1. The Hall–Kier alpha value is -1.53. The Morgan fingerprint density at radius 2 is 1.95 bits per heavy atom. The zero-order chi connectivity index (χ0) is 16.0. The number of hydrogen-bond acceptors (Lipinski definition) is 2.